The lowest BCUT2D eigenvalue weighted by atomic mass is 10.1. The third-order valence-corrected chi connectivity index (χ3v) is 3.54. The van der Waals surface area contributed by atoms with E-state index in [4.69, 9.17) is 0 Å². The molecule has 1 aromatic rings. The van der Waals surface area contributed by atoms with E-state index in [2.05, 4.69) is 4.74 Å². The minimum atomic E-state index is -0.476. The summed E-state index contributed by atoms with van der Waals surface area (Å²) in [5.41, 5.74) is 0.900. The molecule has 0 atom stereocenters. The first-order valence-corrected chi connectivity index (χ1v) is 6.75. The molecule has 0 aliphatic carbocycles. The van der Waals surface area contributed by atoms with Crippen molar-refractivity contribution in [2.24, 2.45) is 0 Å². The van der Waals surface area contributed by atoms with E-state index in [-0.39, 0.29) is 5.69 Å². The van der Waals surface area contributed by atoms with E-state index < -0.39 is 10.9 Å². The lowest BCUT2D eigenvalue weighted by molar-refractivity contribution is -0.384. The summed E-state index contributed by atoms with van der Waals surface area (Å²) in [6.07, 6.45) is 4.31. The van der Waals surface area contributed by atoms with Crippen molar-refractivity contribution in [3.8, 4) is 0 Å². The van der Waals surface area contributed by atoms with Crippen LogP contribution in [0.1, 0.15) is 36.0 Å². The maximum atomic E-state index is 11.6. The van der Waals surface area contributed by atoms with Crippen molar-refractivity contribution < 1.29 is 14.5 Å². The fourth-order valence-electron chi connectivity index (χ4n) is 2.49. The molecule has 108 valence electrons. The summed E-state index contributed by atoms with van der Waals surface area (Å²) < 4.78 is 4.68. The van der Waals surface area contributed by atoms with Gasteiger partial charge in [0, 0.05) is 19.2 Å². The normalized spacial score (nSPS) is 15.6. The summed E-state index contributed by atoms with van der Waals surface area (Å²) in [4.78, 5) is 24.3. The molecule has 0 N–H and O–H groups in total. The van der Waals surface area contributed by atoms with Gasteiger partial charge < -0.3 is 9.64 Å². The van der Waals surface area contributed by atoms with E-state index in [1.54, 1.807) is 6.07 Å². The number of carbonyl (C=O) groups is 1. The summed E-state index contributed by atoms with van der Waals surface area (Å²) >= 11 is 0. The van der Waals surface area contributed by atoms with Gasteiger partial charge in [-0.25, -0.2) is 4.79 Å². The molecule has 0 aromatic heterocycles. The molecule has 1 saturated heterocycles. The molecule has 1 aliphatic heterocycles. The van der Waals surface area contributed by atoms with Crippen LogP contribution in [-0.4, -0.2) is 31.1 Å². The van der Waals surface area contributed by atoms with Gasteiger partial charge in [-0.15, -0.1) is 0 Å². The van der Waals surface area contributed by atoms with Crippen LogP contribution < -0.4 is 4.90 Å². The summed E-state index contributed by atoms with van der Waals surface area (Å²) in [7, 11) is 1.30. The molecule has 0 spiro atoms. The number of hydrogen-bond acceptors (Lipinski definition) is 5. The van der Waals surface area contributed by atoms with Gasteiger partial charge in [-0.2, -0.15) is 0 Å². The minimum absolute atomic E-state index is 0.0413. The Bertz CT molecular complexity index is 508. The average molecular weight is 278 g/mol. The number of anilines is 1. The van der Waals surface area contributed by atoms with Crippen LogP contribution in [0.4, 0.5) is 11.4 Å². The van der Waals surface area contributed by atoms with Crippen molar-refractivity contribution in [3.63, 3.8) is 0 Å². The molecular weight excluding hydrogens is 260 g/mol. The van der Waals surface area contributed by atoms with E-state index in [9.17, 15) is 14.9 Å². The highest BCUT2D eigenvalue weighted by atomic mass is 16.6. The number of nitro groups is 1. The second kappa shape index (κ2) is 6.36. The van der Waals surface area contributed by atoms with Gasteiger partial charge in [-0.1, -0.05) is 12.8 Å². The Morgan fingerprint density at radius 3 is 2.45 bits per heavy atom. The number of hydrogen-bond donors (Lipinski definition) is 0. The Hall–Kier alpha value is -2.11. The smallest absolute Gasteiger partial charge is 0.337 e. The molecule has 1 heterocycles. The van der Waals surface area contributed by atoms with Crippen molar-refractivity contribution in [2.75, 3.05) is 25.1 Å². The molecular formula is C14H18N2O4. The Morgan fingerprint density at radius 1 is 1.25 bits per heavy atom. The fraction of sp³-hybridized carbons (Fsp3) is 0.500. The first-order valence-electron chi connectivity index (χ1n) is 6.75. The molecule has 20 heavy (non-hydrogen) atoms. The quantitative estimate of drug-likeness (QED) is 0.483. The molecule has 2 rings (SSSR count). The summed E-state index contributed by atoms with van der Waals surface area (Å²) in [6.45, 7) is 1.57. The van der Waals surface area contributed by atoms with Gasteiger partial charge in [-0.3, -0.25) is 10.1 Å². The molecule has 1 aliphatic rings. The summed E-state index contributed by atoms with van der Waals surface area (Å²) in [5.74, 6) is -0.476. The van der Waals surface area contributed by atoms with E-state index >= 15 is 0 Å². The molecule has 1 fully saturated rings. The highest BCUT2D eigenvalue weighted by Gasteiger charge is 2.22. The van der Waals surface area contributed by atoms with Crippen LogP contribution in [0.3, 0.4) is 0 Å². The largest absolute Gasteiger partial charge is 0.465 e. The summed E-state index contributed by atoms with van der Waals surface area (Å²) in [5, 5.41) is 11.2. The molecule has 6 heteroatoms. The monoisotopic (exact) mass is 278 g/mol. The van der Waals surface area contributed by atoms with E-state index in [0.717, 1.165) is 38.8 Å². The van der Waals surface area contributed by atoms with Crippen molar-refractivity contribution >= 4 is 17.3 Å². The second-order valence-electron chi connectivity index (χ2n) is 4.85. The Labute approximate surface area is 117 Å². The zero-order chi connectivity index (χ0) is 14.5. The van der Waals surface area contributed by atoms with Crippen molar-refractivity contribution in [1.29, 1.82) is 0 Å². The number of esters is 1. The Balaban J connectivity index is 2.40. The minimum Gasteiger partial charge on any atom is -0.465 e. The van der Waals surface area contributed by atoms with Crippen LogP contribution in [0, 0.1) is 10.1 Å². The third kappa shape index (κ3) is 3.07. The van der Waals surface area contributed by atoms with E-state index in [1.807, 2.05) is 4.90 Å². The van der Waals surface area contributed by atoms with Crippen LogP contribution in [0.15, 0.2) is 18.2 Å². The average Bonchev–Trinajstić information content (AvgIpc) is 2.74. The van der Waals surface area contributed by atoms with Gasteiger partial charge in [0.1, 0.15) is 5.69 Å². The summed E-state index contributed by atoms with van der Waals surface area (Å²) in [6, 6.07) is 4.38. The van der Waals surface area contributed by atoms with Gasteiger partial charge in [0.15, 0.2) is 0 Å². The zero-order valence-corrected chi connectivity index (χ0v) is 11.5. The highest BCUT2D eigenvalue weighted by Crippen LogP contribution is 2.31. The molecule has 0 bridgehead atoms. The maximum Gasteiger partial charge on any atom is 0.337 e. The number of nitro benzene ring substituents is 1. The molecule has 1 aromatic carbocycles. The predicted octanol–water partition coefficient (Wildman–Crippen LogP) is 2.76. The zero-order valence-electron chi connectivity index (χ0n) is 11.5. The lowest BCUT2D eigenvalue weighted by Crippen LogP contribution is -2.25. The van der Waals surface area contributed by atoms with Crippen LogP contribution in [0.25, 0.3) is 0 Å². The maximum absolute atomic E-state index is 11.6. The van der Waals surface area contributed by atoms with Gasteiger partial charge in [0.2, 0.25) is 0 Å². The first kappa shape index (κ1) is 14.3. The van der Waals surface area contributed by atoms with Crippen LogP contribution in [0.5, 0.6) is 0 Å². The topological polar surface area (TPSA) is 72.7 Å². The SMILES string of the molecule is COC(=O)c1ccc([N+](=O)[O-])c(N2CCCCCC2)c1. The van der Waals surface area contributed by atoms with Gasteiger partial charge >= 0.3 is 5.97 Å². The standard InChI is InChI=1S/C14H18N2O4/c1-20-14(17)11-6-7-12(16(18)19)13(10-11)15-8-4-2-3-5-9-15/h6-7,10H,2-5,8-9H2,1H3. The number of ether oxygens (including phenoxy) is 1. The molecule has 6 nitrogen and oxygen atoms in total. The van der Waals surface area contributed by atoms with Crippen molar-refractivity contribution in [2.45, 2.75) is 25.7 Å². The highest BCUT2D eigenvalue weighted by molar-refractivity contribution is 5.91. The first-order chi connectivity index (χ1) is 9.63. The molecule has 0 amide bonds. The van der Waals surface area contributed by atoms with E-state index in [1.165, 1.54) is 19.2 Å². The lowest BCUT2D eigenvalue weighted by Gasteiger charge is -2.22. The number of nitrogens with zero attached hydrogens (tertiary/aromatic N) is 2. The van der Waals surface area contributed by atoms with Crippen LogP contribution in [-0.2, 0) is 4.74 Å². The fourth-order valence-corrected chi connectivity index (χ4v) is 2.49. The third-order valence-electron chi connectivity index (χ3n) is 3.54. The van der Waals surface area contributed by atoms with E-state index in [0.29, 0.717) is 11.3 Å². The van der Waals surface area contributed by atoms with Crippen LogP contribution in [0.2, 0.25) is 0 Å². The number of carbonyl (C=O) groups excluding carboxylic acids is 1. The molecule has 0 radical (unpaired) electrons. The molecule has 0 unspecified atom stereocenters. The number of benzene rings is 1. The Kier molecular flexibility index (Phi) is 4.55. The van der Waals surface area contributed by atoms with Crippen LogP contribution >= 0.6 is 0 Å². The second-order valence-corrected chi connectivity index (χ2v) is 4.85. The number of rotatable bonds is 3. The van der Waals surface area contributed by atoms with Crippen molar-refractivity contribution in [3.05, 3.63) is 33.9 Å². The molecule has 0 saturated carbocycles. The predicted molar refractivity (Wildman–Crippen MR) is 75.1 cm³/mol. The number of methoxy groups -OCH3 is 1. The Morgan fingerprint density at radius 2 is 1.90 bits per heavy atom. The van der Waals surface area contributed by atoms with Gasteiger partial charge in [0.25, 0.3) is 5.69 Å². The van der Waals surface area contributed by atoms with Gasteiger partial charge in [0.05, 0.1) is 17.6 Å². The van der Waals surface area contributed by atoms with Crippen molar-refractivity contribution in [1.82, 2.24) is 0 Å². The van der Waals surface area contributed by atoms with Gasteiger partial charge in [-0.05, 0) is 25.0 Å².